The molecule has 2 aromatic rings. The van der Waals surface area contributed by atoms with E-state index in [9.17, 15) is 9.18 Å². The number of hydrazone groups is 1. The third kappa shape index (κ3) is 5.79. The van der Waals surface area contributed by atoms with Crippen LogP contribution in [0.4, 0.5) is 10.1 Å². The summed E-state index contributed by atoms with van der Waals surface area (Å²) < 4.78 is 20.2. The molecule has 2 aromatic carbocycles. The molecule has 1 heterocycles. The Hall–Kier alpha value is -2.93. The molecule has 3 rings (SSSR count). The molecule has 0 aliphatic carbocycles. The van der Waals surface area contributed by atoms with Gasteiger partial charge in [-0.15, -0.1) is 0 Å². The van der Waals surface area contributed by atoms with Gasteiger partial charge in [-0.3, -0.25) is 4.79 Å². The number of benzene rings is 2. The van der Waals surface area contributed by atoms with Crippen LogP contribution in [0, 0.1) is 12.7 Å². The molecule has 2 N–H and O–H groups in total. The number of quaternary nitrogens is 1. The summed E-state index contributed by atoms with van der Waals surface area (Å²) in [6, 6.07) is 12.6. The van der Waals surface area contributed by atoms with Crippen molar-refractivity contribution in [3.63, 3.8) is 0 Å². The molecular weight excluding hydrogens is 383 g/mol. The molecule has 1 saturated heterocycles. The average Bonchev–Trinajstić information content (AvgIpc) is 2.76. The third-order valence-corrected chi connectivity index (χ3v) is 5.38. The summed E-state index contributed by atoms with van der Waals surface area (Å²) in [5.41, 5.74) is 5.31. The number of rotatable bonds is 7. The molecule has 1 aliphatic heterocycles. The van der Waals surface area contributed by atoms with Crippen molar-refractivity contribution in [3.8, 4) is 5.75 Å². The summed E-state index contributed by atoms with van der Waals surface area (Å²) >= 11 is 0. The minimum absolute atomic E-state index is 0.140. The summed E-state index contributed by atoms with van der Waals surface area (Å²) in [6.07, 6.45) is 0. The van der Waals surface area contributed by atoms with Gasteiger partial charge in [0.05, 0.1) is 44.1 Å². The van der Waals surface area contributed by atoms with Crippen LogP contribution in [0.25, 0.3) is 0 Å². The maximum atomic E-state index is 14.7. The average molecular weight is 414 g/mol. The SMILES string of the molecule is CC[NH+]1CCN(c2ccc(/C(C)=N\NC(=O)COc3cccc(C)c3)cc2F)CC1. The van der Waals surface area contributed by atoms with Crippen molar-refractivity contribution < 1.29 is 18.8 Å². The lowest BCUT2D eigenvalue weighted by atomic mass is 10.1. The van der Waals surface area contributed by atoms with Crippen LogP contribution in [-0.4, -0.2) is 50.9 Å². The Morgan fingerprint density at radius 2 is 2.00 bits per heavy atom. The highest BCUT2D eigenvalue weighted by Crippen LogP contribution is 2.21. The van der Waals surface area contributed by atoms with Gasteiger partial charge in [-0.05, 0) is 50.6 Å². The monoisotopic (exact) mass is 413 g/mol. The van der Waals surface area contributed by atoms with Gasteiger partial charge in [0.2, 0.25) is 0 Å². The number of nitrogens with zero attached hydrogens (tertiary/aromatic N) is 2. The van der Waals surface area contributed by atoms with E-state index in [4.69, 9.17) is 4.74 Å². The first-order valence-corrected chi connectivity index (χ1v) is 10.4. The van der Waals surface area contributed by atoms with Crippen molar-refractivity contribution in [3.05, 3.63) is 59.4 Å². The lowest BCUT2D eigenvalue weighted by Crippen LogP contribution is -3.14. The second-order valence-electron chi connectivity index (χ2n) is 7.59. The van der Waals surface area contributed by atoms with Crippen LogP contribution < -0.4 is 20.0 Å². The molecule has 7 heteroatoms. The normalized spacial score (nSPS) is 15.2. The van der Waals surface area contributed by atoms with Gasteiger partial charge >= 0.3 is 0 Å². The Kier molecular flexibility index (Phi) is 7.41. The molecule has 1 amide bonds. The first-order valence-electron chi connectivity index (χ1n) is 10.4. The van der Waals surface area contributed by atoms with Crippen molar-refractivity contribution in [1.29, 1.82) is 0 Å². The minimum Gasteiger partial charge on any atom is -0.484 e. The fraction of sp³-hybridized carbons (Fsp3) is 0.391. The molecule has 0 bridgehead atoms. The summed E-state index contributed by atoms with van der Waals surface area (Å²) in [5, 5.41) is 4.08. The smallest absolute Gasteiger partial charge is 0.277 e. The van der Waals surface area contributed by atoms with Gasteiger partial charge in [0.15, 0.2) is 6.61 Å². The van der Waals surface area contributed by atoms with E-state index in [1.165, 1.54) is 6.07 Å². The van der Waals surface area contributed by atoms with Crippen molar-refractivity contribution in [2.45, 2.75) is 20.8 Å². The number of anilines is 1. The van der Waals surface area contributed by atoms with Crippen LogP contribution in [0.15, 0.2) is 47.6 Å². The summed E-state index contributed by atoms with van der Waals surface area (Å²) in [6.45, 7) is 10.6. The predicted octanol–water partition coefficient (Wildman–Crippen LogP) is 1.78. The van der Waals surface area contributed by atoms with Crippen molar-refractivity contribution in [1.82, 2.24) is 5.43 Å². The number of aryl methyl sites for hydroxylation is 1. The topological polar surface area (TPSA) is 58.4 Å². The van der Waals surface area contributed by atoms with Gasteiger partial charge in [-0.2, -0.15) is 5.10 Å². The molecule has 0 aromatic heterocycles. The zero-order chi connectivity index (χ0) is 21.5. The molecule has 0 radical (unpaired) electrons. The number of hydrogen-bond acceptors (Lipinski definition) is 4. The van der Waals surface area contributed by atoms with Gasteiger partial charge < -0.3 is 14.5 Å². The lowest BCUT2D eigenvalue weighted by molar-refractivity contribution is -0.898. The first kappa shape index (κ1) is 21.8. The molecule has 0 atom stereocenters. The highest BCUT2D eigenvalue weighted by atomic mass is 19.1. The first-order chi connectivity index (χ1) is 14.5. The molecular formula is C23H30FN4O2+. The standard InChI is InChI=1S/C23H29FN4O2/c1-4-27-10-12-28(13-11-27)22-9-8-19(15-21(22)24)18(3)25-26-23(29)16-30-20-7-5-6-17(2)14-20/h5-9,14-15H,4,10-13,16H2,1-3H3,(H,26,29)/p+1/b25-18-. The summed E-state index contributed by atoms with van der Waals surface area (Å²) in [4.78, 5) is 15.6. The van der Waals surface area contributed by atoms with Crippen LogP contribution in [0.5, 0.6) is 5.75 Å². The zero-order valence-corrected chi connectivity index (χ0v) is 17.9. The second-order valence-corrected chi connectivity index (χ2v) is 7.59. The van der Waals surface area contributed by atoms with Gasteiger partial charge in [0, 0.05) is 5.56 Å². The van der Waals surface area contributed by atoms with Gasteiger partial charge in [0.1, 0.15) is 11.6 Å². The van der Waals surface area contributed by atoms with Crippen LogP contribution in [0.3, 0.4) is 0 Å². The predicted molar refractivity (Wildman–Crippen MR) is 117 cm³/mol. The van der Waals surface area contributed by atoms with E-state index in [1.54, 1.807) is 24.0 Å². The van der Waals surface area contributed by atoms with E-state index < -0.39 is 0 Å². The van der Waals surface area contributed by atoms with Crippen LogP contribution in [0.1, 0.15) is 25.0 Å². The Bertz CT molecular complexity index is 908. The van der Waals surface area contributed by atoms with Crippen LogP contribution in [0.2, 0.25) is 0 Å². The third-order valence-electron chi connectivity index (χ3n) is 5.38. The number of carbonyl (C=O) groups excluding carboxylic acids is 1. The van der Waals surface area contributed by atoms with Crippen molar-refractivity contribution in [2.75, 3.05) is 44.2 Å². The second kappa shape index (κ2) is 10.2. The molecule has 0 saturated carbocycles. The summed E-state index contributed by atoms with van der Waals surface area (Å²) in [5.74, 6) is -0.00905. The number of nitrogens with one attached hydrogen (secondary N) is 2. The van der Waals surface area contributed by atoms with Gasteiger partial charge in [0.25, 0.3) is 5.91 Å². The number of amides is 1. The fourth-order valence-electron chi connectivity index (χ4n) is 3.50. The number of carbonyl (C=O) groups is 1. The Morgan fingerprint density at radius 1 is 1.23 bits per heavy atom. The quantitative estimate of drug-likeness (QED) is 0.537. The number of piperazine rings is 1. The van der Waals surface area contributed by atoms with Gasteiger partial charge in [-0.1, -0.05) is 18.2 Å². The van der Waals surface area contributed by atoms with Crippen LogP contribution in [-0.2, 0) is 4.79 Å². The molecule has 160 valence electrons. The number of ether oxygens (including phenoxy) is 1. The Balaban J connectivity index is 1.55. The Labute approximate surface area is 177 Å². The van der Waals surface area contributed by atoms with E-state index in [1.807, 2.05) is 31.2 Å². The van der Waals surface area contributed by atoms with Gasteiger partial charge in [-0.25, -0.2) is 9.82 Å². The molecule has 30 heavy (non-hydrogen) atoms. The maximum Gasteiger partial charge on any atom is 0.277 e. The van der Waals surface area contributed by atoms with Crippen molar-refractivity contribution >= 4 is 17.3 Å². The molecule has 0 spiro atoms. The number of halogens is 1. The molecule has 1 aliphatic rings. The molecule has 0 unspecified atom stereocenters. The highest BCUT2D eigenvalue weighted by Gasteiger charge is 2.21. The molecule has 1 fully saturated rings. The van der Waals surface area contributed by atoms with E-state index in [0.717, 1.165) is 38.3 Å². The van der Waals surface area contributed by atoms with Crippen LogP contribution >= 0.6 is 0 Å². The lowest BCUT2D eigenvalue weighted by Gasteiger charge is -2.33. The molecule has 6 nitrogen and oxygen atoms in total. The van der Waals surface area contributed by atoms with E-state index in [0.29, 0.717) is 22.7 Å². The fourth-order valence-corrected chi connectivity index (χ4v) is 3.50. The summed E-state index contributed by atoms with van der Waals surface area (Å²) in [7, 11) is 0. The van der Waals surface area contributed by atoms with E-state index >= 15 is 0 Å². The largest absolute Gasteiger partial charge is 0.484 e. The minimum atomic E-state index is -0.371. The highest BCUT2D eigenvalue weighted by molar-refractivity contribution is 5.99. The Morgan fingerprint density at radius 3 is 2.67 bits per heavy atom. The van der Waals surface area contributed by atoms with E-state index in [2.05, 4.69) is 22.4 Å². The number of likely N-dealkylation sites (N-methyl/N-ethyl adjacent to an activating group) is 1. The maximum absolute atomic E-state index is 14.7. The number of hydrogen-bond donors (Lipinski definition) is 2. The zero-order valence-electron chi connectivity index (χ0n) is 17.9. The van der Waals surface area contributed by atoms with E-state index in [-0.39, 0.29) is 18.3 Å². The van der Waals surface area contributed by atoms with Crippen molar-refractivity contribution in [2.24, 2.45) is 5.10 Å².